The molecule has 1 aromatic heterocycles. The molecule has 0 aliphatic heterocycles. The fourth-order valence-electron chi connectivity index (χ4n) is 2.00. The van der Waals surface area contributed by atoms with Crippen molar-refractivity contribution in [3.05, 3.63) is 22.1 Å². The molecule has 1 aromatic rings. The molecule has 15 heavy (non-hydrogen) atoms. The van der Waals surface area contributed by atoms with Gasteiger partial charge in [0.1, 0.15) is 0 Å². The average molecular weight is 250 g/mol. The Kier molecular flexibility index (Phi) is 5.58. The molecule has 0 saturated heterocycles. The second-order valence-corrected chi connectivity index (χ2v) is 5.04. The zero-order chi connectivity index (χ0) is 9.80. The first-order chi connectivity index (χ1) is 6.84. The summed E-state index contributed by atoms with van der Waals surface area (Å²) in [6.45, 7) is 0.833. The van der Waals surface area contributed by atoms with Gasteiger partial charge in [0.2, 0.25) is 0 Å². The van der Waals surface area contributed by atoms with Crippen LogP contribution in [0.2, 0.25) is 0 Å². The van der Waals surface area contributed by atoms with Crippen molar-refractivity contribution in [3.63, 3.8) is 0 Å². The predicted molar refractivity (Wildman–Crippen MR) is 65.2 cm³/mol. The van der Waals surface area contributed by atoms with Gasteiger partial charge in [-0.25, -0.2) is 0 Å². The van der Waals surface area contributed by atoms with E-state index in [1.54, 1.807) is 6.07 Å². The number of hydrogen-bond donors (Lipinski definition) is 1. The first kappa shape index (κ1) is 12.9. The number of rotatable bonds is 3. The lowest BCUT2D eigenvalue weighted by atomic mass is 9.95. The number of hydrogen-bond acceptors (Lipinski definition) is 2. The van der Waals surface area contributed by atoms with Gasteiger partial charge in [-0.3, -0.25) is 0 Å². The van der Waals surface area contributed by atoms with Gasteiger partial charge in [0, 0.05) is 17.5 Å². The fraction of sp³-hybridized carbons (Fsp3) is 0.636. The monoisotopic (exact) mass is 249 g/mol. The summed E-state index contributed by atoms with van der Waals surface area (Å²) in [5.74, 6) is 0. The maximum Gasteiger partial charge on any atom is 0.176 e. The van der Waals surface area contributed by atoms with Crippen molar-refractivity contribution in [3.8, 4) is 0 Å². The summed E-state index contributed by atoms with van der Waals surface area (Å²) in [5, 5.41) is 3.42. The minimum Gasteiger partial charge on any atom is -0.309 e. The molecule has 0 amide bonds. The van der Waals surface area contributed by atoms with Crippen LogP contribution < -0.4 is 5.32 Å². The minimum atomic E-state index is -0.0783. The molecule has 2 rings (SSSR count). The van der Waals surface area contributed by atoms with E-state index in [-0.39, 0.29) is 17.5 Å². The van der Waals surface area contributed by atoms with Crippen molar-refractivity contribution in [1.29, 1.82) is 0 Å². The van der Waals surface area contributed by atoms with E-state index in [9.17, 15) is 4.39 Å². The third-order valence-corrected chi connectivity index (χ3v) is 3.67. The minimum absolute atomic E-state index is 0. The molecule has 1 aliphatic rings. The highest BCUT2D eigenvalue weighted by atomic mass is 35.5. The van der Waals surface area contributed by atoms with Gasteiger partial charge in [0.15, 0.2) is 5.13 Å². The van der Waals surface area contributed by atoms with Gasteiger partial charge < -0.3 is 5.32 Å². The lowest BCUT2D eigenvalue weighted by molar-refractivity contribution is 0.373. The van der Waals surface area contributed by atoms with Gasteiger partial charge in [0.25, 0.3) is 0 Å². The SMILES string of the molecule is Cl.Fc1ccc(CNC2CCCCC2)s1. The van der Waals surface area contributed by atoms with E-state index in [0.29, 0.717) is 6.04 Å². The molecule has 0 bridgehead atoms. The Bertz CT molecular complexity index is 284. The van der Waals surface area contributed by atoms with Crippen molar-refractivity contribution in [1.82, 2.24) is 5.32 Å². The van der Waals surface area contributed by atoms with E-state index in [4.69, 9.17) is 0 Å². The van der Waals surface area contributed by atoms with Gasteiger partial charge in [-0.1, -0.05) is 19.3 Å². The van der Waals surface area contributed by atoms with Crippen LogP contribution in [0.5, 0.6) is 0 Å². The summed E-state index contributed by atoms with van der Waals surface area (Å²) in [5.41, 5.74) is 0. The normalized spacial score (nSPS) is 17.4. The summed E-state index contributed by atoms with van der Waals surface area (Å²) in [6.07, 6.45) is 6.64. The highest BCUT2D eigenvalue weighted by Gasteiger charge is 2.12. The Balaban J connectivity index is 0.00000112. The molecule has 1 nitrogen and oxygen atoms in total. The van der Waals surface area contributed by atoms with Crippen LogP contribution in [0.3, 0.4) is 0 Å². The third-order valence-electron chi connectivity index (χ3n) is 2.80. The molecule has 0 atom stereocenters. The van der Waals surface area contributed by atoms with E-state index in [1.807, 2.05) is 6.07 Å². The molecule has 0 aromatic carbocycles. The first-order valence-electron chi connectivity index (χ1n) is 5.32. The molecular formula is C11H17ClFNS. The summed E-state index contributed by atoms with van der Waals surface area (Å²) in [6, 6.07) is 4.08. The topological polar surface area (TPSA) is 12.0 Å². The molecule has 1 aliphatic carbocycles. The largest absolute Gasteiger partial charge is 0.309 e. The van der Waals surface area contributed by atoms with Crippen LogP contribution in [0, 0.1) is 5.13 Å². The summed E-state index contributed by atoms with van der Waals surface area (Å²) < 4.78 is 12.7. The maximum atomic E-state index is 12.7. The summed E-state index contributed by atoms with van der Waals surface area (Å²) >= 11 is 1.25. The van der Waals surface area contributed by atoms with Gasteiger partial charge in [-0.15, -0.1) is 23.7 Å². The Morgan fingerprint density at radius 2 is 2.00 bits per heavy atom. The maximum absolute atomic E-state index is 12.7. The summed E-state index contributed by atoms with van der Waals surface area (Å²) in [4.78, 5) is 1.10. The van der Waals surface area contributed by atoms with Crippen LogP contribution in [0.1, 0.15) is 37.0 Å². The molecule has 0 radical (unpaired) electrons. The van der Waals surface area contributed by atoms with E-state index in [2.05, 4.69) is 5.32 Å². The van der Waals surface area contributed by atoms with Crippen molar-refractivity contribution >= 4 is 23.7 Å². The van der Waals surface area contributed by atoms with Crippen LogP contribution in [0.25, 0.3) is 0 Å². The zero-order valence-electron chi connectivity index (χ0n) is 8.67. The Morgan fingerprint density at radius 1 is 1.27 bits per heavy atom. The van der Waals surface area contributed by atoms with Crippen LogP contribution in [0.15, 0.2) is 12.1 Å². The van der Waals surface area contributed by atoms with Gasteiger partial charge >= 0.3 is 0 Å². The van der Waals surface area contributed by atoms with Gasteiger partial charge in [0.05, 0.1) is 0 Å². The van der Waals surface area contributed by atoms with E-state index >= 15 is 0 Å². The smallest absolute Gasteiger partial charge is 0.176 e. The van der Waals surface area contributed by atoms with E-state index < -0.39 is 0 Å². The number of thiophene rings is 1. The molecule has 0 spiro atoms. The standard InChI is InChI=1S/C11H16FNS.ClH/c12-11-7-6-10(14-11)8-13-9-4-2-1-3-5-9;/h6-7,9,13H,1-5,8H2;1H. The quantitative estimate of drug-likeness (QED) is 0.861. The second-order valence-electron chi connectivity index (χ2n) is 3.92. The molecule has 1 heterocycles. The van der Waals surface area contributed by atoms with Crippen LogP contribution in [-0.2, 0) is 6.54 Å². The fourth-order valence-corrected chi connectivity index (χ4v) is 2.68. The predicted octanol–water partition coefficient (Wildman–Crippen LogP) is 3.73. The molecule has 1 N–H and O–H groups in total. The molecule has 0 unspecified atom stereocenters. The van der Waals surface area contributed by atoms with Gasteiger partial charge in [-0.2, -0.15) is 4.39 Å². The van der Waals surface area contributed by atoms with Crippen molar-refractivity contribution in [2.45, 2.75) is 44.7 Å². The number of halogens is 2. The van der Waals surface area contributed by atoms with Crippen molar-refractivity contribution in [2.75, 3.05) is 0 Å². The van der Waals surface area contributed by atoms with Gasteiger partial charge in [-0.05, 0) is 25.0 Å². The zero-order valence-corrected chi connectivity index (χ0v) is 10.3. The highest BCUT2D eigenvalue weighted by molar-refractivity contribution is 7.10. The third kappa shape index (κ3) is 4.09. The second kappa shape index (κ2) is 6.46. The van der Waals surface area contributed by atoms with E-state index in [1.165, 1.54) is 43.4 Å². The summed E-state index contributed by atoms with van der Waals surface area (Å²) in [7, 11) is 0. The average Bonchev–Trinajstić information content (AvgIpc) is 2.63. The van der Waals surface area contributed by atoms with Crippen LogP contribution >= 0.6 is 23.7 Å². The lowest BCUT2D eigenvalue weighted by Gasteiger charge is -2.22. The van der Waals surface area contributed by atoms with Crippen molar-refractivity contribution in [2.24, 2.45) is 0 Å². The van der Waals surface area contributed by atoms with E-state index in [0.717, 1.165) is 11.4 Å². The molecule has 4 heteroatoms. The van der Waals surface area contributed by atoms with Crippen LogP contribution in [-0.4, -0.2) is 6.04 Å². The Labute approximate surface area is 100 Å². The molecule has 1 fully saturated rings. The Morgan fingerprint density at radius 3 is 2.60 bits per heavy atom. The van der Waals surface area contributed by atoms with Crippen LogP contribution in [0.4, 0.5) is 4.39 Å². The molecular weight excluding hydrogens is 233 g/mol. The Hall–Kier alpha value is -0.120. The molecule has 1 saturated carbocycles. The van der Waals surface area contributed by atoms with Crippen molar-refractivity contribution < 1.29 is 4.39 Å². The lowest BCUT2D eigenvalue weighted by Crippen LogP contribution is -2.30. The first-order valence-corrected chi connectivity index (χ1v) is 6.14. The highest BCUT2D eigenvalue weighted by Crippen LogP contribution is 2.19. The molecule has 86 valence electrons. The number of nitrogens with one attached hydrogen (secondary N) is 1.